The van der Waals surface area contributed by atoms with Crippen LogP contribution in [0, 0.1) is 12.7 Å². The lowest BCUT2D eigenvalue weighted by molar-refractivity contribution is -0.289. The summed E-state index contributed by atoms with van der Waals surface area (Å²) in [4.78, 5) is 0. The average molecular weight is 228 g/mol. The van der Waals surface area contributed by atoms with Gasteiger partial charge in [-0.3, -0.25) is 0 Å². The van der Waals surface area contributed by atoms with E-state index in [1.807, 2.05) is 0 Å². The molecule has 0 bridgehead atoms. The summed E-state index contributed by atoms with van der Waals surface area (Å²) in [5.74, 6) is -6.11. The Morgan fingerprint density at radius 1 is 1.00 bits per heavy atom. The lowest BCUT2D eigenvalue weighted by Gasteiger charge is -2.19. The van der Waals surface area contributed by atoms with Crippen molar-refractivity contribution in [3.05, 3.63) is 35.1 Å². The summed E-state index contributed by atoms with van der Waals surface area (Å²) < 4.78 is 73.8. The molecule has 0 saturated heterocycles. The minimum absolute atomic E-state index is 0.0109. The molecule has 0 atom stereocenters. The van der Waals surface area contributed by atoms with Gasteiger partial charge in [0.15, 0.2) is 0 Å². The van der Waals surface area contributed by atoms with E-state index in [0.29, 0.717) is 6.07 Å². The van der Waals surface area contributed by atoms with Crippen LogP contribution in [0.4, 0.5) is 26.3 Å². The van der Waals surface area contributed by atoms with Gasteiger partial charge >= 0.3 is 12.1 Å². The highest BCUT2D eigenvalue weighted by Gasteiger charge is 2.58. The Hall–Kier alpha value is -1.20. The van der Waals surface area contributed by atoms with Crippen molar-refractivity contribution in [3.63, 3.8) is 0 Å². The maximum absolute atomic E-state index is 12.8. The van der Waals surface area contributed by atoms with Crippen LogP contribution in [-0.2, 0) is 5.92 Å². The van der Waals surface area contributed by atoms with Crippen LogP contribution in [0.3, 0.4) is 0 Å². The molecule has 0 aliphatic heterocycles. The van der Waals surface area contributed by atoms with Crippen molar-refractivity contribution in [2.75, 3.05) is 0 Å². The van der Waals surface area contributed by atoms with Crippen LogP contribution in [0.2, 0.25) is 0 Å². The fourth-order valence-corrected chi connectivity index (χ4v) is 0.952. The first-order valence-electron chi connectivity index (χ1n) is 3.87. The molecule has 1 aromatic carbocycles. The molecule has 84 valence electrons. The molecule has 0 unspecified atom stereocenters. The second kappa shape index (κ2) is 3.43. The Kier molecular flexibility index (Phi) is 2.71. The molecule has 15 heavy (non-hydrogen) atoms. The minimum Gasteiger partial charge on any atom is -0.207 e. The zero-order chi connectivity index (χ0) is 11.9. The standard InChI is InChI=1S/C9H6F6/c1-5-2-3-6(4-7(5)10)8(11,12)9(13,14)15/h2-4H,1H3. The number of hydrogen-bond acceptors (Lipinski definition) is 0. The summed E-state index contributed by atoms with van der Waals surface area (Å²) in [5, 5.41) is 0. The number of benzene rings is 1. The summed E-state index contributed by atoms with van der Waals surface area (Å²) in [5.41, 5.74) is -1.38. The number of hydrogen-bond donors (Lipinski definition) is 0. The molecule has 0 N–H and O–H groups in total. The molecule has 0 spiro atoms. The lowest BCUT2D eigenvalue weighted by Crippen LogP contribution is -2.33. The molecule has 0 amide bonds. The molecule has 1 rings (SSSR count). The largest absolute Gasteiger partial charge is 0.458 e. The van der Waals surface area contributed by atoms with Gasteiger partial charge in [-0.15, -0.1) is 0 Å². The Morgan fingerprint density at radius 3 is 1.93 bits per heavy atom. The van der Waals surface area contributed by atoms with Gasteiger partial charge in [0.05, 0.1) is 0 Å². The van der Waals surface area contributed by atoms with Crippen LogP contribution >= 0.6 is 0 Å². The van der Waals surface area contributed by atoms with Crippen molar-refractivity contribution in [2.45, 2.75) is 19.0 Å². The van der Waals surface area contributed by atoms with Crippen molar-refractivity contribution < 1.29 is 26.3 Å². The zero-order valence-corrected chi connectivity index (χ0v) is 7.50. The topological polar surface area (TPSA) is 0 Å². The van der Waals surface area contributed by atoms with Gasteiger partial charge in [0.25, 0.3) is 0 Å². The maximum atomic E-state index is 12.8. The van der Waals surface area contributed by atoms with Gasteiger partial charge in [-0.25, -0.2) is 4.39 Å². The SMILES string of the molecule is Cc1ccc(C(F)(F)C(F)(F)F)cc1F. The van der Waals surface area contributed by atoms with Crippen molar-refractivity contribution in [2.24, 2.45) is 0 Å². The number of alkyl halides is 5. The van der Waals surface area contributed by atoms with Gasteiger partial charge in [0.2, 0.25) is 0 Å². The van der Waals surface area contributed by atoms with Crippen LogP contribution in [0.25, 0.3) is 0 Å². The third kappa shape index (κ3) is 2.08. The summed E-state index contributed by atoms with van der Waals surface area (Å²) in [6, 6.07) is 1.64. The third-order valence-electron chi connectivity index (χ3n) is 1.89. The summed E-state index contributed by atoms with van der Waals surface area (Å²) in [6.07, 6.45) is -5.71. The number of halogens is 6. The number of rotatable bonds is 1. The molecule has 0 saturated carbocycles. The van der Waals surface area contributed by atoms with Crippen LogP contribution in [-0.4, -0.2) is 6.18 Å². The third-order valence-corrected chi connectivity index (χ3v) is 1.89. The quantitative estimate of drug-likeness (QED) is 0.641. The van der Waals surface area contributed by atoms with E-state index in [0.717, 1.165) is 6.07 Å². The van der Waals surface area contributed by atoms with Crippen LogP contribution in [0.15, 0.2) is 18.2 Å². The molecule has 0 fully saturated rings. The minimum atomic E-state index is -5.71. The zero-order valence-electron chi connectivity index (χ0n) is 7.50. The van der Waals surface area contributed by atoms with E-state index in [-0.39, 0.29) is 11.6 Å². The van der Waals surface area contributed by atoms with Crippen LogP contribution in [0.5, 0.6) is 0 Å². The average Bonchev–Trinajstić information content (AvgIpc) is 2.07. The summed E-state index contributed by atoms with van der Waals surface area (Å²) in [7, 11) is 0. The molecule has 0 nitrogen and oxygen atoms in total. The van der Waals surface area contributed by atoms with E-state index in [1.165, 1.54) is 6.92 Å². The van der Waals surface area contributed by atoms with E-state index in [9.17, 15) is 26.3 Å². The highest BCUT2D eigenvalue weighted by Crippen LogP contribution is 2.43. The Labute approximate surface area is 81.5 Å². The van der Waals surface area contributed by atoms with Gasteiger partial charge < -0.3 is 0 Å². The molecule has 0 aromatic heterocycles. The van der Waals surface area contributed by atoms with Crippen molar-refractivity contribution in [1.29, 1.82) is 0 Å². The van der Waals surface area contributed by atoms with Crippen LogP contribution in [0.1, 0.15) is 11.1 Å². The summed E-state index contributed by atoms with van der Waals surface area (Å²) >= 11 is 0. The molecular weight excluding hydrogens is 222 g/mol. The summed E-state index contributed by atoms with van der Waals surface area (Å²) in [6.45, 7) is 1.27. The fourth-order valence-electron chi connectivity index (χ4n) is 0.952. The molecule has 0 radical (unpaired) electrons. The van der Waals surface area contributed by atoms with Gasteiger partial charge in [-0.05, 0) is 18.6 Å². The Morgan fingerprint density at radius 2 is 1.53 bits per heavy atom. The van der Waals surface area contributed by atoms with E-state index in [4.69, 9.17) is 0 Å². The second-order valence-corrected chi connectivity index (χ2v) is 3.04. The Balaban J connectivity index is 3.22. The van der Waals surface area contributed by atoms with E-state index < -0.39 is 23.5 Å². The van der Waals surface area contributed by atoms with Gasteiger partial charge in [0.1, 0.15) is 5.82 Å². The van der Waals surface area contributed by atoms with Gasteiger partial charge in [-0.1, -0.05) is 12.1 Å². The highest BCUT2D eigenvalue weighted by atomic mass is 19.4. The second-order valence-electron chi connectivity index (χ2n) is 3.04. The monoisotopic (exact) mass is 228 g/mol. The molecule has 1 aromatic rings. The van der Waals surface area contributed by atoms with Crippen molar-refractivity contribution in [1.82, 2.24) is 0 Å². The van der Waals surface area contributed by atoms with Crippen molar-refractivity contribution in [3.8, 4) is 0 Å². The van der Waals surface area contributed by atoms with Gasteiger partial charge in [0, 0.05) is 5.56 Å². The molecule has 6 heteroatoms. The first kappa shape index (κ1) is 11.9. The predicted molar refractivity (Wildman–Crippen MR) is 41.1 cm³/mol. The first-order chi connectivity index (χ1) is 6.66. The normalized spacial score (nSPS) is 13.0. The fraction of sp³-hybridized carbons (Fsp3) is 0.333. The smallest absolute Gasteiger partial charge is 0.207 e. The highest BCUT2D eigenvalue weighted by molar-refractivity contribution is 5.27. The van der Waals surface area contributed by atoms with E-state index in [1.54, 1.807) is 0 Å². The molecule has 0 heterocycles. The Bertz CT molecular complexity index is 365. The van der Waals surface area contributed by atoms with Crippen molar-refractivity contribution >= 4 is 0 Å². The number of aryl methyl sites for hydroxylation is 1. The molecule has 0 aliphatic rings. The van der Waals surface area contributed by atoms with E-state index >= 15 is 0 Å². The van der Waals surface area contributed by atoms with Gasteiger partial charge in [-0.2, -0.15) is 22.0 Å². The molecular formula is C9H6F6. The lowest BCUT2D eigenvalue weighted by atomic mass is 10.1. The molecule has 0 aliphatic carbocycles. The van der Waals surface area contributed by atoms with Crippen LogP contribution < -0.4 is 0 Å². The van der Waals surface area contributed by atoms with E-state index in [2.05, 4.69) is 0 Å². The predicted octanol–water partition coefficient (Wildman–Crippen LogP) is 3.79. The first-order valence-corrected chi connectivity index (χ1v) is 3.87. The maximum Gasteiger partial charge on any atom is 0.458 e.